The topological polar surface area (TPSA) is 68.0 Å². The molecule has 1 heterocycles. The molecule has 0 aliphatic carbocycles. The van der Waals surface area contributed by atoms with Crippen molar-refractivity contribution >= 4 is 23.2 Å². The summed E-state index contributed by atoms with van der Waals surface area (Å²) >= 11 is 5.86. The second-order valence-corrected chi connectivity index (χ2v) is 4.66. The van der Waals surface area contributed by atoms with Gasteiger partial charge in [-0.05, 0) is 37.3 Å². The summed E-state index contributed by atoms with van der Waals surface area (Å²) < 4.78 is 0. The molecule has 5 heteroatoms. The van der Waals surface area contributed by atoms with Crippen LogP contribution in [0.25, 0.3) is 0 Å². The number of anilines is 1. The predicted octanol–water partition coefficient (Wildman–Crippen LogP) is 2.56. The normalized spacial score (nSPS) is 10.2. The predicted molar refractivity (Wildman–Crippen MR) is 76.0 cm³/mol. The van der Waals surface area contributed by atoms with E-state index in [1.165, 1.54) is 0 Å². The molecule has 0 unspecified atom stereocenters. The summed E-state index contributed by atoms with van der Waals surface area (Å²) in [6.45, 7) is 2.27. The van der Waals surface area contributed by atoms with E-state index in [0.29, 0.717) is 22.8 Å². The van der Waals surface area contributed by atoms with Crippen LogP contribution in [0.1, 0.15) is 21.7 Å². The van der Waals surface area contributed by atoms with Crippen LogP contribution in [0.2, 0.25) is 5.02 Å². The number of nitrogens with zero attached hydrogens (tertiary/aromatic N) is 1. The van der Waals surface area contributed by atoms with Gasteiger partial charge in [-0.15, -0.1) is 0 Å². The Hall–Kier alpha value is -2.07. The van der Waals surface area contributed by atoms with Gasteiger partial charge in [0.05, 0.1) is 12.2 Å². The lowest BCUT2D eigenvalue weighted by atomic mass is 10.2. The van der Waals surface area contributed by atoms with E-state index >= 15 is 0 Å². The van der Waals surface area contributed by atoms with E-state index < -0.39 is 0 Å². The highest BCUT2D eigenvalue weighted by Crippen LogP contribution is 2.16. The molecule has 1 amide bonds. The number of aromatic nitrogens is 1. The molecule has 0 aliphatic rings. The highest BCUT2D eigenvalue weighted by Gasteiger charge is 2.07. The van der Waals surface area contributed by atoms with Crippen LogP contribution in [0.4, 0.5) is 5.69 Å². The van der Waals surface area contributed by atoms with Gasteiger partial charge in [0.2, 0.25) is 0 Å². The van der Waals surface area contributed by atoms with Crippen molar-refractivity contribution in [2.45, 2.75) is 13.5 Å². The maximum Gasteiger partial charge on any atom is 0.251 e. The van der Waals surface area contributed by atoms with Crippen molar-refractivity contribution in [2.24, 2.45) is 0 Å². The molecule has 4 nitrogen and oxygen atoms in total. The summed E-state index contributed by atoms with van der Waals surface area (Å²) in [5.74, 6) is -0.225. The largest absolute Gasteiger partial charge is 0.399 e. The first-order valence-electron chi connectivity index (χ1n) is 5.81. The Kier molecular flexibility index (Phi) is 4.02. The zero-order valence-corrected chi connectivity index (χ0v) is 11.2. The first-order valence-corrected chi connectivity index (χ1v) is 6.19. The van der Waals surface area contributed by atoms with Crippen LogP contribution in [0.15, 0.2) is 36.4 Å². The van der Waals surface area contributed by atoms with E-state index in [0.717, 1.165) is 11.4 Å². The first kappa shape index (κ1) is 13.4. The van der Waals surface area contributed by atoms with Gasteiger partial charge in [0, 0.05) is 22.0 Å². The Morgan fingerprint density at radius 1 is 1.37 bits per heavy atom. The van der Waals surface area contributed by atoms with Crippen molar-refractivity contribution in [1.29, 1.82) is 0 Å². The monoisotopic (exact) mass is 275 g/mol. The van der Waals surface area contributed by atoms with Crippen LogP contribution >= 0.6 is 11.6 Å². The molecular weight excluding hydrogens is 262 g/mol. The van der Waals surface area contributed by atoms with E-state index in [2.05, 4.69) is 10.3 Å². The maximum atomic E-state index is 12.0. The third-order valence-corrected chi connectivity index (χ3v) is 2.78. The average Bonchev–Trinajstić information content (AvgIpc) is 2.35. The van der Waals surface area contributed by atoms with Gasteiger partial charge in [0.15, 0.2) is 0 Å². The third-order valence-electron chi connectivity index (χ3n) is 2.56. The molecule has 2 rings (SSSR count). The maximum absolute atomic E-state index is 12.0. The molecule has 0 fully saturated rings. The molecule has 1 aromatic heterocycles. The van der Waals surface area contributed by atoms with Crippen molar-refractivity contribution in [3.05, 3.63) is 58.4 Å². The number of nitrogens with two attached hydrogens (primary N) is 1. The molecule has 2 aromatic rings. The number of nitrogen functional groups attached to an aromatic ring is 1. The third kappa shape index (κ3) is 3.69. The van der Waals surface area contributed by atoms with Crippen LogP contribution in [0, 0.1) is 6.92 Å². The van der Waals surface area contributed by atoms with Gasteiger partial charge < -0.3 is 11.1 Å². The molecule has 0 saturated heterocycles. The number of carbonyl (C=O) groups is 1. The highest BCUT2D eigenvalue weighted by atomic mass is 35.5. The highest BCUT2D eigenvalue weighted by molar-refractivity contribution is 6.31. The van der Waals surface area contributed by atoms with Gasteiger partial charge >= 0.3 is 0 Å². The standard InChI is InChI=1S/C14H14ClN3O/c1-9-3-2-4-13(18-9)8-17-14(19)10-5-11(15)7-12(16)6-10/h2-7H,8,16H2,1H3,(H,17,19). The van der Waals surface area contributed by atoms with Gasteiger partial charge in [0.1, 0.15) is 0 Å². The molecule has 19 heavy (non-hydrogen) atoms. The number of carbonyl (C=O) groups excluding carboxylic acids is 1. The van der Waals surface area contributed by atoms with Crippen molar-refractivity contribution in [2.75, 3.05) is 5.73 Å². The molecule has 0 atom stereocenters. The molecule has 0 radical (unpaired) electrons. The SMILES string of the molecule is Cc1cccc(CNC(=O)c2cc(N)cc(Cl)c2)n1. The average molecular weight is 276 g/mol. The fraction of sp³-hybridized carbons (Fsp3) is 0.143. The lowest BCUT2D eigenvalue weighted by Gasteiger charge is -2.06. The van der Waals surface area contributed by atoms with Crippen molar-refractivity contribution in [1.82, 2.24) is 10.3 Å². The molecule has 3 N–H and O–H groups in total. The lowest BCUT2D eigenvalue weighted by Crippen LogP contribution is -2.23. The number of nitrogens with one attached hydrogen (secondary N) is 1. The van der Waals surface area contributed by atoms with E-state index in [9.17, 15) is 4.79 Å². The summed E-state index contributed by atoms with van der Waals surface area (Å²) in [4.78, 5) is 16.3. The number of amides is 1. The van der Waals surface area contributed by atoms with Gasteiger partial charge in [-0.25, -0.2) is 0 Å². The number of hydrogen-bond donors (Lipinski definition) is 2. The number of benzene rings is 1. The van der Waals surface area contributed by atoms with E-state index in [-0.39, 0.29) is 5.91 Å². The van der Waals surface area contributed by atoms with Crippen LogP contribution < -0.4 is 11.1 Å². The lowest BCUT2D eigenvalue weighted by molar-refractivity contribution is 0.0950. The van der Waals surface area contributed by atoms with Gasteiger partial charge in [0.25, 0.3) is 5.91 Å². The van der Waals surface area contributed by atoms with Crippen LogP contribution in [-0.2, 0) is 6.54 Å². The quantitative estimate of drug-likeness (QED) is 0.846. The van der Waals surface area contributed by atoms with Crippen LogP contribution in [0.3, 0.4) is 0 Å². The van der Waals surface area contributed by atoms with Gasteiger partial charge in [-0.1, -0.05) is 17.7 Å². The minimum absolute atomic E-state index is 0.225. The number of pyridine rings is 1. The molecule has 0 bridgehead atoms. The number of hydrogen-bond acceptors (Lipinski definition) is 3. The van der Waals surface area contributed by atoms with E-state index in [1.807, 2.05) is 25.1 Å². The Morgan fingerprint density at radius 2 is 2.16 bits per heavy atom. The first-order chi connectivity index (χ1) is 9.04. The summed E-state index contributed by atoms with van der Waals surface area (Å²) in [7, 11) is 0. The minimum Gasteiger partial charge on any atom is -0.399 e. The van der Waals surface area contributed by atoms with Crippen molar-refractivity contribution in [3.63, 3.8) is 0 Å². The van der Waals surface area contributed by atoms with Crippen molar-refractivity contribution < 1.29 is 4.79 Å². The number of halogens is 1. The van der Waals surface area contributed by atoms with Crippen LogP contribution in [-0.4, -0.2) is 10.9 Å². The fourth-order valence-corrected chi connectivity index (χ4v) is 1.96. The zero-order chi connectivity index (χ0) is 13.8. The van der Waals surface area contributed by atoms with Crippen LogP contribution in [0.5, 0.6) is 0 Å². The minimum atomic E-state index is -0.225. The fourth-order valence-electron chi connectivity index (χ4n) is 1.71. The van der Waals surface area contributed by atoms with E-state index in [1.54, 1.807) is 18.2 Å². The molecular formula is C14H14ClN3O. The molecule has 98 valence electrons. The number of aryl methyl sites for hydroxylation is 1. The summed E-state index contributed by atoms with van der Waals surface area (Å²) in [6.07, 6.45) is 0. The Morgan fingerprint density at radius 3 is 2.84 bits per heavy atom. The second-order valence-electron chi connectivity index (χ2n) is 4.23. The molecule has 0 saturated carbocycles. The molecule has 0 aliphatic heterocycles. The summed E-state index contributed by atoms with van der Waals surface area (Å²) in [5.41, 5.74) is 8.28. The molecule has 1 aromatic carbocycles. The Labute approximate surface area is 116 Å². The smallest absolute Gasteiger partial charge is 0.251 e. The Balaban J connectivity index is 2.05. The Bertz CT molecular complexity index is 593. The van der Waals surface area contributed by atoms with E-state index in [4.69, 9.17) is 17.3 Å². The number of rotatable bonds is 3. The second kappa shape index (κ2) is 5.71. The van der Waals surface area contributed by atoms with Gasteiger partial charge in [-0.3, -0.25) is 9.78 Å². The molecule has 0 spiro atoms. The van der Waals surface area contributed by atoms with Crippen molar-refractivity contribution in [3.8, 4) is 0 Å². The summed E-state index contributed by atoms with van der Waals surface area (Å²) in [5, 5.41) is 3.22. The zero-order valence-electron chi connectivity index (χ0n) is 10.5. The van der Waals surface area contributed by atoms with Gasteiger partial charge in [-0.2, -0.15) is 0 Å². The summed E-state index contributed by atoms with van der Waals surface area (Å²) in [6, 6.07) is 10.4.